The number of nitrogens with one attached hydrogen (secondary N) is 1. The number of carbonyl (C=O) groups is 1. The van der Waals surface area contributed by atoms with Gasteiger partial charge >= 0.3 is 0 Å². The van der Waals surface area contributed by atoms with E-state index in [1.807, 2.05) is 23.9 Å². The number of amides is 1. The van der Waals surface area contributed by atoms with Crippen molar-refractivity contribution in [3.8, 4) is 0 Å². The second-order valence-corrected chi connectivity index (χ2v) is 5.04. The zero-order chi connectivity index (χ0) is 13.1. The van der Waals surface area contributed by atoms with Gasteiger partial charge in [0.2, 0.25) is 5.91 Å². The third-order valence-electron chi connectivity index (χ3n) is 3.20. The van der Waals surface area contributed by atoms with Crippen LogP contribution in [-0.2, 0) is 11.3 Å². The van der Waals surface area contributed by atoms with Gasteiger partial charge < -0.3 is 5.32 Å². The summed E-state index contributed by atoms with van der Waals surface area (Å²) in [5.41, 5.74) is 0. The molecule has 1 aromatic rings. The summed E-state index contributed by atoms with van der Waals surface area (Å²) in [4.78, 5) is 14.2. The lowest BCUT2D eigenvalue weighted by molar-refractivity contribution is -0.122. The summed E-state index contributed by atoms with van der Waals surface area (Å²) < 4.78 is 1.85. The molecule has 0 aliphatic carbocycles. The fourth-order valence-corrected chi connectivity index (χ4v) is 2.33. The largest absolute Gasteiger partial charge is 0.304 e. The van der Waals surface area contributed by atoms with E-state index in [0.717, 1.165) is 31.7 Å². The van der Waals surface area contributed by atoms with Crippen LogP contribution in [0.2, 0.25) is 0 Å². The average Bonchev–Trinajstić information content (AvgIpc) is 2.80. The molecule has 0 spiro atoms. The Labute approximate surface area is 108 Å². The first-order valence-electron chi connectivity index (χ1n) is 6.72. The Morgan fingerprint density at radius 3 is 2.94 bits per heavy atom. The average molecular weight is 250 g/mol. The SMILES string of the molecule is CCn1ccc(N2CCCC(NC(C)C)C2=O)n1. The maximum atomic E-state index is 12.4. The van der Waals surface area contributed by atoms with Gasteiger partial charge in [-0.05, 0) is 19.8 Å². The molecule has 1 fully saturated rings. The fourth-order valence-electron chi connectivity index (χ4n) is 2.33. The minimum Gasteiger partial charge on any atom is -0.304 e. The highest BCUT2D eigenvalue weighted by atomic mass is 16.2. The van der Waals surface area contributed by atoms with Gasteiger partial charge in [-0.25, -0.2) is 0 Å². The van der Waals surface area contributed by atoms with E-state index in [0.29, 0.717) is 6.04 Å². The number of piperidine rings is 1. The van der Waals surface area contributed by atoms with Gasteiger partial charge in [-0.3, -0.25) is 14.4 Å². The molecule has 0 bridgehead atoms. The number of carbonyl (C=O) groups excluding carboxylic acids is 1. The van der Waals surface area contributed by atoms with Crippen LogP contribution in [0, 0.1) is 0 Å². The van der Waals surface area contributed by atoms with Crippen LogP contribution in [0.5, 0.6) is 0 Å². The smallest absolute Gasteiger partial charge is 0.245 e. The van der Waals surface area contributed by atoms with Gasteiger partial charge in [0.25, 0.3) is 0 Å². The third kappa shape index (κ3) is 2.72. The lowest BCUT2D eigenvalue weighted by Crippen LogP contribution is -2.52. The fraction of sp³-hybridized carbons (Fsp3) is 0.692. The first-order valence-corrected chi connectivity index (χ1v) is 6.72. The molecule has 5 heteroatoms. The summed E-state index contributed by atoms with van der Waals surface area (Å²) in [6.45, 7) is 7.78. The molecule has 0 saturated carbocycles. The number of hydrogen-bond donors (Lipinski definition) is 1. The van der Waals surface area contributed by atoms with Crippen molar-refractivity contribution in [1.29, 1.82) is 0 Å². The van der Waals surface area contributed by atoms with Crippen LogP contribution in [-0.4, -0.2) is 34.3 Å². The van der Waals surface area contributed by atoms with Gasteiger partial charge in [-0.1, -0.05) is 13.8 Å². The second kappa shape index (κ2) is 5.52. The highest BCUT2D eigenvalue weighted by Gasteiger charge is 2.30. The van der Waals surface area contributed by atoms with Crippen molar-refractivity contribution in [3.05, 3.63) is 12.3 Å². The van der Waals surface area contributed by atoms with Gasteiger partial charge in [0.15, 0.2) is 5.82 Å². The molecule has 2 rings (SSSR count). The first kappa shape index (κ1) is 13.1. The molecule has 100 valence electrons. The zero-order valence-corrected chi connectivity index (χ0v) is 11.4. The van der Waals surface area contributed by atoms with E-state index in [4.69, 9.17) is 0 Å². The monoisotopic (exact) mass is 250 g/mol. The Bertz CT molecular complexity index is 413. The zero-order valence-electron chi connectivity index (χ0n) is 11.4. The summed E-state index contributed by atoms with van der Waals surface area (Å²) in [5.74, 6) is 0.924. The van der Waals surface area contributed by atoms with Crippen molar-refractivity contribution in [2.24, 2.45) is 0 Å². The normalized spacial score (nSPS) is 20.8. The summed E-state index contributed by atoms with van der Waals surface area (Å²) in [5, 5.41) is 7.74. The van der Waals surface area contributed by atoms with E-state index in [1.54, 1.807) is 4.90 Å². The maximum absolute atomic E-state index is 12.4. The van der Waals surface area contributed by atoms with Gasteiger partial charge in [-0.2, -0.15) is 5.10 Å². The minimum atomic E-state index is -0.0643. The first-order chi connectivity index (χ1) is 8.61. The van der Waals surface area contributed by atoms with Crippen LogP contribution in [0.1, 0.15) is 33.6 Å². The van der Waals surface area contributed by atoms with Gasteiger partial charge in [0.1, 0.15) is 0 Å². The number of aromatic nitrogens is 2. The van der Waals surface area contributed by atoms with E-state index in [2.05, 4.69) is 24.3 Å². The number of anilines is 1. The second-order valence-electron chi connectivity index (χ2n) is 5.04. The minimum absolute atomic E-state index is 0.0643. The Morgan fingerprint density at radius 1 is 1.56 bits per heavy atom. The molecule has 0 aromatic carbocycles. The summed E-state index contributed by atoms with van der Waals surface area (Å²) in [6.07, 6.45) is 3.86. The third-order valence-corrected chi connectivity index (χ3v) is 3.20. The van der Waals surface area contributed by atoms with Crippen molar-refractivity contribution >= 4 is 11.7 Å². The molecule has 1 unspecified atom stereocenters. The van der Waals surface area contributed by atoms with E-state index in [9.17, 15) is 4.79 Å². The van der Waals surface area contributed by atoms with Crippen molar-refractivity contribution in [2.75, 3.05) is 11.4 Å². The number of hydrogen-bond acceptors (Lipinski definition) is 3. The molecule has 2 heterocycles. The van der Waals surface area contributed by atoms with Gasteiger partial charge in [0, 0.05) is 31.4 Å². The van der Waals surface area contributed by atoms with Crippen LogP contribution in [0.3, 0.4) is 0 Å². The maximum Gasteiger partial charge on any atom is 0.245 e. The van der Waals surface area contributed by atoms with Gasteiger partial charge in [-0.15, -0.1) is 0 Å². The Kier molecular flexibility index (Phi) is 4.01. The Morgan fingerprint density at radius 2 is 2.33 bits per heavy atom. The molecule has 1 aliphatic rings. The Balaban J connectivity index is 2.10. The predicted octanol–water partition coefficient (Wildman–Crippen LogP) is 1.40. The predicted molar refractivity (Wildman–Crippen MR) is 71.5 cm³/mol. The van der Waals surface area contributed by atoms with E-state index in [-0.39, 0.29) is 11.9 Å². The topological polar surface area (TPSA) is 50.2 Å². The van der Waals surface area contributed by atoms with Crippen LogP contribution in [0.4, 0.5) is 5.82 Å². The number of nitrogens with zero attached hydrogens (tertiary/aromatic N) is 3. The molecule has 5 nitrogen and oxygen atoms in total. The standard InChI is InChI=1S/C13H22N4O/c1-4-16-9-7-12(15-16)17-8-5-6-11(13(17)18)14-10(2)3/h7,9-11,14H,4-6,8H2,1-3H3. The van der Waals surface area contributed by atoms with Crippen LogP contribution >= 0.6 is 0 Å². The van der Waals surface area contributed by atoms with Crippen molar-refractivity contribution in [3.63, 3.8) is 0 Å². The van der Waals surface area contributed by atoms with Crippen molar-refractivity contribution in [2.45, 2.75) is 52.2 Å². The lowest BCUT2D eigenvalue weighted by atomic mass is 10.0. The number of rotatable bonds is 4. The van der Waals surface area contributed by atoms with Crippen LogP contribution < -0.4 is 10.2 Å². The molecule has 1 aliphatic heterocycles. The molecule has 1 aromatic heterocycles. The molecule has 1 atom stereocenters. The molecule has 18 heavy (non-hydrogen) atoms. The number of aryl methyl sites for hydroxylation is 1. The summed E-state index contributed by atoms with van der Waals surface area (Å²) in [6, 6.07) is 2.18. The highest BCUT2D eigenvalue weighted by molar-refractivity contribution is 5.97. The van der Waals surface area contributed by atoms with Crippen molar-refractivity contribution < 1.29 is 4.79 Å². The van der Waals surface area contributed by atoms with Crippen molar-refractivity contribution in [1.82, 2.24) is 15.1 Å². The molecule has 0 radical (unpaired) electrons. The molecule has 1 amide bonds. The summed E-state index contributed by atoms with van der Waals surface area (Å²) >= 11 is 0. The van der Waals surface area contributed by atoms with Gasteiger partial charge in [0.05, 0.1) is 6.04 Å². The molecular formula is C13H22N4O. The molecular weight excluding hydrogens is 228 g/mol. The van der Waals surface area contributed by atoms with E-state index >= 15 is 0 Å². The molecule has 1 saturated heterocycles. The Hall–Kier alpha value is -1.36. The van der Waals surface area contributed by atoms with Crippen LogP contribution in [0.15, 0.2) is 12.3 Å². The highest BCUT2D eigenvalue weighted by Crippen LogP contribution is 2.19. The summed E-state index contributed by atoms with van der Waals surface area (Å²) in [7, 11) is 0. The van der Waals surface area contributed by atoms with Crippen LogP contribution in [0.25, 0.3) is 0 Å². The quantitative estimate of drug-likeness (QED) is 0.878. The van der Waals surface area contributed by atoms with E-state index in [1.165, 1.54) is 0 Å². The molecule has 1 N–H and O–H groups in total. The lowest BCUT2D eigenvalue weighted by Gasteiger charge is -2.32. The van der Waals surface area contributed by atoms with E-state index < -0.39 is 0 Å².